The third-order valence-electron chi connectivity index (χ3n) is 1.99. The normalized spacial score (nSPS) is 9.73. The van der Waals surface area contributed by atoms with Gasteiger partial charge in [-0.05, 0) is 24.7 Å². The summed E-state index contributed by atoms with van der Waals surface area (Å²) < 4.78 is 5.04. The van der Waals surface area contributed by atoms with Crippen molar-refractivity contribution in [1.29, 1.82) is 0 Å². The van der Waals surface area contributed by atoms with E-state index in [4.69, 9.17) is 4.74 Å². The molecule has 82 valence electrons. The second-order valence-electron chi connectivity index (χ2n) is 3.16. The van der Waals surface area contributed by atoms with E-state index >= 15 is 0 Å². The van der Waals surface area contributed by atoms with Crippen molar-refractivity contribution in [2.75, 3.05) is 20.7 Å². The molecule has 1 aromatic carbocycles. The number of likely N-dealkylation sites (N-methyl/N-ethyl adjacent to an activating group) is 1. The predicted molar refractivity (Wildman–Crippen MR) is 58.8 cm³/mol. The summed E-state index contributed by atoms with van der Waals surface area (Å²) in [4.78, 5) is 11.1. The van der Waals surface area contributed by atoms with Gasteiger partial charge in [-0.2, -0.15) is 0 Å². The molecular formula is C11H16N2O2. The van der Waals surface area contributed by atoms with Crippen LogP contribution in [0, 0.1) is 0 Å². The molecule has 0 aromatic heterocycles. The number of methoxy groups -OCH3 is 1. The second kappa shape index (κ2) is 6.03. The molecule has 0 bridgehead atoms. The molecule has 0 aliphatic heterocycles. The molecule has 0 aliphatic carbocycles. The summed E-state index contributed by atoms with van der Waals surface area (Å²) in [5.74, 6) is 0.814. The van der Waals surface area contributed by atoms with Crippen LogP contribution in [-0.4, -0.2) is 26.6 Å². The van der Waals surface area contributed by atoms with Gasteiger partial charge in [0, 0.05) is 6.54 Å². The maximum absolute atomic E-state index is 11.1. The van der Waals surface area contributed by atoms with Crippen LogP contribution in [0.1, 0.15) is 5.56 Å². The van der Waals surface area contributed by atoms with Gasteiger partial charge in [-0.3, -0.25) is 4.79 Å². The smallest absolute Gasteiger partial charge is 0.234 e. The first-order chi connectivity index (χ1) is 7.26. The van der Waals surface area contributed by atoms with Crippen molar-refractivity contribution >= 4 is 5.91 Å². The third kappa shape index (κ3) is 3.99. The molecule has 1 amide bonds. The van der Waals surface area contributed by atoms with Crippen LogP contribution in [0.2, 0.25) is 0 Å². The monoisotopic (exact) mass is 208 g/mol. The SMILES string of the molecule is CNCC(=O)NCc1ccc(OC)cc1. The Kier molecular flexibility index (Phi) is 4.63. The summed E-state index contributed by atoms with van der Waals surface area (Å²) in [5.41, 5.74) is 1.06. The standard InChI is InChI=1S/C11H16N2O2/c1-12-8-11(14)13-7-9-3-5-10(15-2)6-4-9/h3-6,12H,7-8H2,1-2H3,(H,13,14). The molecule has 0 heterocycles. The minimum atomic E-state index is -0.00619. The number of carbonyl (C=O) groups is 1. The zero-order chi connectivity index (χ0) is 11.1. The van der Waals surface area contributed by atoms with Crippen molar-refractivity contribution in [3.05, 3.63) is 29.8 Å². The molecule has 4 heteroatoms. The number of nitrogens with one attached hydrogen (secondary N) is 2. The van der Waals surface area contributed by atoms with Gasteiger partial charge >= 0.3 is 0 Å². The highest BCUT2D eigenvalue weighted by Crippen LogP contribution is 2.10. The highest BCUT2D eigenvalue weighted by molar-refractivity contribution is 5.77. The summed E-state index contributed by atoms with van der Waals surface area (Å²) in [5, 5.41) is 5.59. The van der Waals surface area contributed by atoms with E-state index in [1.54, 1.807) is 14.2 Å². The summed E-state index contributed by atoms with van der Waals surface area (Å²) in [6.45, 7) is 0.890. The summed E-state index contributed by atoms with van der Waals surface area (Å²) in [6, 6.07) is 7.61. The van der Waals surface area contributed by atoms with E-state index in [-0.39, 0.29) is 5.91 Å². The fourth-order valence-electron chi connectivity index (χ4n) is 1.17. The largest absolute Gasteiger partial charge is 0.497 e. The van der Waals surface area contributed by atoms with Crippen molar-refractivity contribution < 1.29 is 9.53 Å². The zero-order valence-corrected chi connectivity index (χ0v) is 9.04. The Hall–Kier alpha value is -1.55. The maximum Gasteiger partial charge on any atom is 0.234 e. The third-order valence-corrected chi connectivity index (χ3v) is 1.99. The van der Waals surface area contributed by atoms with E-state index in [0.717, 1.165) is 11.3 Å². The van der Waals surface area contributed by atoms with Crippen LogP contribution in [0.15, 0.2) is 24.3 Å². The van der Waals surface area contributed by atoms with E-state index in [1.165, 1.54) is 0 Å². The topological polar surface area (TPSA) is 50.4 Å². The highest BCUT2D eigenvalue weighted by atomic mass is 16.5. The van der Waals surface area contributed by atoms with Gasteiger partial charge < -0.3 is 15.4 Å². The van der Waals surface area contributed by atoms with Crippen LogP contribution < -0.4 is 15.4 Å². The van der Waals surface area contributed by atoms with Gasteiger partial charge in [0.25, 0.3) is 0 Å². The van der Waals surface area contributed by atoms with Gasteiger partial charge in [0.1, 0.15) is 5.75 Å². The Morgan fingerprint density at radius 2 is 2.00 bits per heavy atom. The lowest BCUT2D eigenvalue weighted by molar-refractivity contribution is -0.120. The average Bonchev–Trinajstić information content (AvgIpc) is 2.27. The van der Waals surface area contributed by atoms with Crippen LogP contribution in [-0.2, 0) is 11.3 Å². The molecule has 0 unspecified atom stereocenters. The number of hydrogen-bond donors (Lipinski definition) is 2. The molecule has 4 nitrogen and oxygen atoms in total. The van der Waals surface area contributed by atoms with Gasteiger partial charge in [0.15, 0.2) is 0 Å². The maximum atomic E-state index is 11.1. The number of ether oxygens (including phenoxy) is 1. The van der Waals surface area contributed by atoms with Crippen LogP contribution in [0.25, 0.3) is 0 Å². The van der Waals surface area contributed by atoms with Gasteiger partial charge in [0.05, 0.1) is 13.7 Å². The summed E-state index contributed by atoms with van der Waals surface area (Å²) in [7, 11) is 3.37. The Labute approximate surface area is 89.6 Å². The minimum Gasteiger partial charge on any atom is -0.497 e. The molecule has 0 atom stereocenters. The van der Waals surface area contributed by atoms with Crippen LogP contribution >= 0.6 is 0 Å². The van der Waals surface area contributed by atoms with E-state index in [1.807, 2.05) is 24.3 Å². The zero-order valence-electron chi connectivity index (χ0n) is 9.04. The van der Waals surface area contributed by atoms with Crippen LogP contribution in [0.3, 0.4) is 0 Å². The molecule has 0 saturated carbocycles. The Bertz CT molecular complexity index is 309. The molecule has 0 saturated heterocycles. The second-order valence-corrected chi connectivity index (χ2v) is 3.16. The van der Waals surface area contributed by atoms with Gasteiger partial charge in [-0.15, -0.1) is 0 Å². The van der Waals surface area contributed by atoms with Crippen LogP contribution in [0.5, 0.6) is 5.75 Å². The molecule has 15 heavy (non-hydrogen) atoms. The van der Waals surface area contributed by atoms with Crippen LogP contribution in [0.4, 0.5) is 0 Å². The summed E-state index contributed by atoms with van der Waals surface area (Å²) >= 11 is 0. The van der Waals surface area contributed by atoms with Crippen molar-refractivity contribution in [2.24, 2.45) is 0 Å². The lowest BCUT2D eigenvalue weighted by Gasteiger charge is -2.05. The number of amides is 1. The van der Waals surface area contributed by atoms with Gasteiger partial charge in [-0.1, -0.05) is 12.1 Å². The molecule has 0 radical (unpaired) electrons. The first kappa shape index (κ1) is 11.5. The molecule has 0 spiro atoms. The fourth-order valence-corrected chi connectivity index (χ4v) is 1.17. The van der Waals surface area contributed by atoms with E-state index in [2.05, 4.69) is 10.6 Å². The van der Waals surface area contributed by atoms with Crippen molar-refractivity contribution in [3.8, 4) is 5.75 Å². The summed E-state index contributed by atoms with van der Waals surface area (Å²) in [6.07, 6.45) is 0. The van der Waals surface area contributed by atoms with Crippen molar-refractivity contribution in [3.63, 3.8) is 0 Å². The number of benzene rings is 1. The number of hydrogen-bond acceptors (Lipinski definition) is 3. The Morgan fingerprint density at radius 3 is 2.53 bits per heavy atom. The molecule has 1 aromatic rings. The number of carbonyl (C=O) groups excluding carboxylic acids is 1. The minimum absolute atomic E-state index is 0.00619. The van der Waals surface area contributed by atoms with Crippen molar-refractivity contribution in [2.45, 2.75) is 6.54 Å². The van der Waals surface area contributed by atoms with Gasteiger partial charge in [-0.25, -0.2) is 0 Å². The molecular weight excluding hydrogens is 192 g/mol. The number of rotatable bonds is 5. The van der Waals surface area contributed by atoms with Gasteiger partial charge in [0.2, 0.25) is 5.91 Å². The molecule has 0 fully saturated rings. The van der Waals surface area contributed by atoms with E-state index < -0.39 is 0 Å². The average molecular weight is 208 g/mol. The predicted octanol–water partition coefficient (Wildman–Crippen LogP) is 0.531. The quantitative estimate of drug-likeness (QED) is 0.742. The lowest BCUT2D eigenvalue weighted by atomic mass is 10.2. The highest BCUT2D eigenvalue weighted by Gasteiger charge is 1.99. The molecule has 2 N–H and O–H groups in total. The van der Waals surface area contributed by atoms with E-state index in [9.17, 15) is 4.79 Å². The van der Waals surface area contributed by atoms with Crippen molar-refractivity contribution in [1.82, 2.24) is 10.6 Å². The first-order valence-corrected chi connectivity index (χ1v) is 4.80. The molecule has 1 rings (SSSR count). The molecule has 0 aliphatic rings. The Balaban J connectivity index is 2.40. The fraction of sp³-hybridized carbons (Fsp3) is 0.364. The van der Waals surface area contributed by atoms with E-state index in [0.29, 0.717) is 13.1 Å². The lowest BCUT2D eigenvalue weighted by Crippen LogP contribution is -2.31. The Morgan fingerprint density at radius 1 is 1.33 bits per heavy atom. The first-order valence-electron chi connectivity index (χ1n) is 4.80.